The lowest BCUT2D eigenvalue weighted by Gasteiger charge is -2.05. The van der Waals surface area contributed by atoms with E-state index in [1.807, 2.05) is 60.7 Å². The minimum atomic E-state index is -2.43. The van der Waals surface area contributed by atoms with E-state index >= 15 is 0 Å². The molecule has 18 heavy (non-hydrogen) atoms. The van der Waals surface area contributed by atoms with Crippen molar-refractivity contribution in [2.75, 3.05) is 0 Å². The Morgan fingerprint density at radius 3 is 1.50 bits per heavy atom. The monoisotopic (exact) mass is 258 g/mol. The summed E-state index contributed by atoms with van der Waals surface area (Å²) < 4.78 is 21.9. The smallest absolute Gasteiger partial charge is 0.492 e. The summed E-state index contributed by atoms with van der Waals surface area (Å²) in [6.45, 7) is 0.626. The molecule has 0 aliphatic rings. The summed E-state index contributed by atoms with van der Waals surface area (Å²) in [5.41, 5.74) is 1.97. The van der Waals surface area contributed by atoms with Gasteiger partial charge in [-0.05, 0) is 11.1 Å². The molecular formula is C14H14O3Si. The third-order valence-corrected chi connectivity index (χ3v) is 3.16. The average Bonchev–Trinajstić information content (AvgIpc) is 2.45. The molecule has 0 saturated heterocycles. The molecule has 2 rings (SSSR count). The quantitative estimate of drug-likeness (QED) is 0.747. The number of benzene rings is 2. The maximum absolute atomic E-state index is 11.5. The van der Waals surface area contributed by atoms with Gasteiger partial charge in [-0.25, -0.2) is 0 Å². The number of rotatable bonds is 6. The van der Waals surface area contributed by atoms with Crippen molar-refractivity contribution in [1.82, 2.24) is 0 Å². The van der Waals surface area contributed by atoms with Crippen molar-refractivity contribution in [3.63, 3.8) is 0 Å². The van der Waals surface area contributed by atoms with Crippen LogP contribution in [0.1, 0.15) is 11.1 Å². The van der Waals surface area contributed by atoms with Crippen LogP contribution in [-0.4, -0.2) is 9.17 Å². The summed E-state index contributed by atoms with van der Waals surface area (Å²) in [6, 6.07) is 19.2. The molecule has 0 aliphatic heterocycles. The molecule has 0 radical (unpaired) electrons. The first kappa shape index (κ1) is 12.5. The largest absolute Gasteiger partial charge is 0.767 e. The minimum absolute atomic E-state index is 0.313. The van der Waals surface area contributed by atoms with Crippen molar-refractivity contribution in [3.05, 3.63) is 71.8 Å². The summed E-state index contributed by atoms with van der Waals surface area (Å²) in [5.74, 6) is 0. The van der Waals surface area contributed by atoms with Gasteiger partial charge in [0.1, 0.15) is 13.2 Å². The lowest BCUT2D eigenvalue weighted by atomic mass is 10.2. The first-order valence-corrected chi connectivity index (χ1v) is 6.94. The first-order valence-electron chi connectivity index (χ1n) is 5.72. The molecule has 4 heteroatoms. The Hall–Kier alpha value is -1.94. The second-order valence-electron chi connectivity index (χ2n) is 3.80. The highest BCUT2D eigenvalue weighted by Gasteiger charge is 2.10. The highest BCUT2D eigenvalue weighted by Crippen LogP contribution is 2.03. The van der Waals surface area contributed by atoms with Gasteiger partial charge in [0.05, 0.1) is 0 Å². The van der Waals surface area contributed by atoms with Gasteiger partial charge in [0.15, 0.2) is 0 Å². The predicted molar refractivity (Wildman–Crippen MR) is 68.9 cm³/mol. The van der Waals surface area contributed by atoms with E-state index in [0.717, 1.165) is 11.1 Å². The fourth-order valence-electron chi connectivity index (χ4n) is 1.47. The molecule has 92 valence electrons. The standard InChI is InChI=1S/C14H14O3Si/c15-18(16-11-13-7-3-1-4-8-13)17-12-14-9-5-2-6-10-14/h1-10H,11-12H2. The first-order chi connectivity index (χ1) is 8.84. The second-order valence-corrected chi connectivity index (χ2v) is 4.88. The Morgan fingerprint density at radius 1 is 0.722 bits per heavy atom. The van der Waals surface area contributed by atoms with Crippen LogP contribution in [0.4, 0.5) is 0 Å². The molecule has 0 spiro atoms. The van der Waals surface area contributed by atoms with Crippen LogP contribution in [0.25, 0.3) is 0 Å². The highest BCUT2D eigenvalue weighted by atomic mass is 28.3. The Kier molecular flexibility index (Phi) is 4.66. The molecule has 0 amide bonds. The fourth-order valence-corrected chi connectivity index (χ4v) is 2.13. The Morgan fingerprint density at radius 2 is 1.11 bits per heavy atom. The minimum Gasteiger partial charge on any atom is -0.492 e. The lowest BCUT2D eigenvalue weighted by molar-refractivity contribution is 0.155. The SMILES string of the molecule is O=[Si](OCc1ccccc1)OCc1ccccc1. The highest BCUT2D eigenvalue weighted by molar-refractivity contribution is 6.26. The number of hydrogen-bond donors (Lipinski definition) is 0. The molecule has 0 fully saturated rings. The molecule has 0 atom stereocenters. The van der Waals surface area contributed by atoms with Crippen LogP contribution in [0, 0.1) is 0 Å². The van der Waals surface area contributed by atoms with Gasteiger partial charge in [0, 0.05) is 0 Å². The fraction of sp³-hybridized carbons (Fsp3) is 0.143. The van der Waals surface area contributed by atoms with E-state index in [4.69, 9.17) is 8.85 Å². The van der Waals surface area contributed by atoms with Crippen LogP contribution in [0.15, 0.2) is 60.7 Å². The predicted octanol–water partition coefficient (Wildman–Crippen LogP) is 2.84. The van der Waals surface area contributed by atoms with E-state index < -0.39 is 9.17 Å². The zero-order valence-electron chi connectivity index (χ0n) is 9.91. The van der Waals surface area contributed by atoms with Crippen LogP contribution < -0.4 is 0 Å². The summed E-state index contributed by atoms with van der Waals surface area (Å²) in [7, 11) is -2.43. The van der Waals surface area contributed by atoms with E-state index in [2.05, 4.69) is 0 Å². The summed E-state index contributed by atoms with van der Waals surface area (Å²) in [4.78, 5) is 0. The number of hydrogen-bond acceptors (Lipinski definition) is 3. The van der Waals surface area contributed by atoms with E-state index in [1.165, 1.54) is 0 Å². The molecule has 2 aromatic carbocycles. The van der Waals surface area contributed by atoms with Gasteiger partial charge in [-0.2, -0.15) is 0 Å². The van der Waals surface area contributed by atoms with E-state index in [-0.39, 0.29) is 0 Å². The Bertz CT molecular complexity index is 439. The van der Waals surface area contributed by atoms with Crippen molar-refractivity contribution in [2.45, 2.75) is 13.2 Å². The van der Waals surface area contributed by atoms with Crippen molar-refractivity contribution in [2.24, 2.45) is 0 Å². The summed E-state index contributed by atoms with van der Waals surface area (Å²) in [6.07, 6.45) is 0. The lowest BCUT2D eigenvalue weighted by Crippen LogP contribution is -2.12. The third-order valence-electron chi connectivity index (χ3n) is 2.40. The van der Waals surface area contributed by atoms with Crippen LogP contribution in [0.3, 0.4) is 0 Å². The van der Waals surface area contributed by atoms with Crippen molar-refractivity contribution < 1.29 is 13.3 Å². The molecule has 0 bridgehead atoms. The van der Waals surface area contributed by atoms with Crippen molar-refractivity contribution >= 4 is 9.17 Å². The van der Waals surface area contributed by atoms with Crippen LogP contribution in [0.5, 0.6) is 0 Å². The average molecular weight is 258 g/mol. The normalized spacial score (nSPS) is 9.78. The molecule has 0 heterocycles. The second kappa shape index (κ2) is 6.71. The molecular weight excluding hydrogens is 244 g/mol. The van der Waals surface area contributed by atoms with Crippen molar-refractivity contribution in [1.29, 1.82) is 0 Å². The van der Waals surface area contributed by atoms with Gasteiger partial charge in [-0.3, -0.25) is 4.46 Å². The van der Waals surface area contributed by atoms with Crippen LogP contribution in [-0.2, 0) is 26.5 Å². The van der Waals surface area contributed by atoms with Gasteiger partial charge in [0.25, 0.3) is 0 Å². The van der Waals surface area contributed by atoms with Gasteiger partial charge in [-0.15, -0.1) is 0 Å². The van der Waals surface area contributed by atoms with E-state index in [9.17, 15) is 4.46 Å². The Labute approximate surface area is 108 Å². The molecule has 0 unspecified atom stereocenters. The van der Waals surface area contributed by atoms with Gasteiger partial charge < -0.3 is 8.85 Å². The maximum Gasteiger partial charge on any atom is 0.767 e. The van der Waals surface area contributed by atoms with Crippen molar-refractivity contribution in [3.8, 4) is 0 Å². The molecule has 2 aromatic rings. The zero-order valence-corrected chi connectivity index (χ0v) is 10.9. The van der Waals surface area contributed by atoms with Gasteiger partial charge >= 0.3 is 9.17 Å². The summed E-state index contributed by atoms with van der Waals surface area (Å²) >= 11 is 0. The molecule has 0 aliphatic carbocycles. The van der Waals surface area contributed by atoms with Gasteiger partial charge in [0.2, 0.25) is 0 Å². The van der Waals surface area contributed by atoms with E-state index in [1.54, 1.807) is 0 Å². The van der Waals surface area contributed by atoms with Crippen LogP contribution >= 0.6 is 0 Å². The topological polar surface area (TPSA) is 35.5 Å². The van der Waals surface area contributed by atoms with Gasteiger partial charge in [-0.1, -0.05) is 60.7 Å². The molecule has 0 saturated carbocycles. The Balaban J connectivity index is 1.73. The molecule has 3 nitrogen and oxygen atoms in total. The zero-order chi connectivity index (χ0) is 12.6. The maximum atomic E-state index is 11.5. The third kappa shape index (κ3) is 4.14. The summed E-state index contributed by atoms with van der Waals surface area (Å²) in [5, 5.41) is 0. The van der Waals surface area contributed by atoms with Crippen LogP contribution in [0.2, 0.25) is 0 Å². The molecule has 0 aromatic heterocycles. The molecule has 0 N–H and O–H groups in total. The van der Waals surface area contributed by atoms with E-state index in [0.29, 0.717) is 13.2 Å².